The van der Waals surface area contributed by atoms with E-state index in [-0.39, 0.29) is 17.2 Å². The minimum Gasteiger partial charge on any atom is -0.494 e. The van der Waals surface area contributed by atoms with E-state index in [9.17, 15) is 19.5 Å². The molecular weight excluding hydrogens is 658 g/mol. The fraction of sp³-hybridized carbons (Fsp3) is 0.425. The molecule has 1 N–H and O–H groups in total. The highest BCUT2D eigenvalue weighted by molar-refractivity contribution is 6.53. The predicted octanol–water partition coefficient (Wildman–Crippen LogP) is 7.94. The highest BCUT2D eigenvalue weighted by Crippen LogP contribution is 2.49. The van der Waals surface area contributed by atoms with Gasteiger partial charge in [-0.05, 0) is 67.9 Å². The molecule has 266 valence electrons. The maximum absolute atomic E-state index is 13.0. The number of hydrogen-bond donors (Lipinski definition) is 1. The molecule has 0 radical (unpaired) electrons. The first kappa shape index (κ1) is 37.1. The maximum Gasteiger partial charge on any atom is 0.345 e. The topological polar surface area (TPSA) is 112 Å². The lowest BCUT2D eigenvalue weighted by molar-refractivity contribution is -0.170. The monoisotopic (exact) mass is 703 g/mol. The van der Waals surface area contributed by atoms with Gasteiger partial charge in [0.25, 0.3) is 0 Å². The molecule has 0 aliphatic carbocycles. The van der Waals surface area contributed by atoms with Crippen molar-refractivity contribution >= 4 is 40.1 Å². The van der Waals surface area contributed by atoms with Crippen molar-refractivity contribution in [2.24, 2.45) is 0 Å². The lowest BCUT2D eigenvalue weighted by atomic mass is 9.92. The molecule has 3 aromatic rings. The van der Waals surface area contributed by atoms with Crippen LogP contribution in [0.5, 0.6) is 23.0 Å². The molecule has 2 aliphatic heterocycles. The van der Waals surface area contributed by atoms with Crippen molar-refractivity contribution in [3.8, 4) is 23.0 Å². The molecule has 0 amide bonds. The molecule has 0 saturated carbocycles. The van der Waals surface area contributed by atoms with Crippen LogP contribution in [-0.4, -0.2) is 59.8 Å². The number of rotatable bonds is 17. The molecule has 0 saturated heterocycles. The molecule has 50 heavy (non-hydrogen) atoms. The second kappa shape index (κ2) is 17.7. The molecule has 0 spiro atoms. The van der Waals surface area contributed by atoms with E-state index in [1.54, 1.807) is 6.07 Å². The van der Waals surface area contributed by atoms with E-state index < -0.39 is 36.4 Å². The number of nitrogens with zero attached hydrogens (tertiary/aromatic N) is 1. The second-order valence-electron chi connectivity index (χ2n) is 12.8. The van der Waals surface area contributed by atoms with Crippen LogP contribution in [0.2, 0.25) is 0 Å². The molecule has 3 aromatic carbocycles. The van der Waals surface area contributed by atoms with Gasteiger partial charge in [0.1, 0.15) is 5.75 Å². The molecule has 5 rings (SSSR count). The summed E-state index contributed by atoms with van der Waals surface area (Å²) >= 11 is 7.09. The SMILES string of the molecule is CCN(CC)CCCCCCCCCCOc1ccc(/C(=C(\Cl)c2ccccc2)c2ccc3c4c2OC(=O)CC(O)(CC(=O)O3)C(=O)O4)cc1. The van der Waals surface area contributed by atoms with Gasteiger partial charge in [-0.15, -0.1) is 0 Å². The van der Waals surface area contributed by atoms with Crippen molar-refractivity contribution in [1.29, 1.82) is 0 Å². The van der Waals surface area contributed by atoms with Crippen molar-refractivity contribution in [3.63, 3.8) is 0 Å². The largest absolute Gasteiger partial charge is 0.494 e. The Morgan fingerprint density at radius 2 is 1.36 bits per heavy atom. The van der Waals surface area contributed by atoms with E-state index >= 15 is 0 Å². The van der Waals surface area contributed by atoms with Crippen molar-refractivity contribution in [2.75, 3.05) is 26.2 Å². The van der Waals surface area contributed by atoms with Gasteiger partial charge in [0.15, 0.2) is 17.1 Å². The number of carbonyl (C=O) groups is 3. The van der Waals surface area contributed by atoms with Crippen molar-refractivity contribution in [3.05, 3.63) is 83.4 Å². The van der Waals surface area contributed by atoms with Crippen LogP contribution in [0.4, 0.5) is 0 Å². The lowest BCUT2D eigenvalue weighted by Gasteiger charge is -2.30. The summed E-state index contributed by atoms with van der Waals surface area (Å²) in [6, 6.07) is 19.7. The van der Waals surface area contributed by atoms with Gasteiger partial charge >= 0.3 is 17.9 Å². The number of unbranched alkanes of at least 4 members (excludes halogenated alkanes) is 7. The van der Waals surface area contributed by atoms with Crippen molar-refractivity contribution in [2.45, 2.75) is 83.7 Å². The Balaban J connectivity index is 1.29. The Hall–Kier alpha value is -4.18. The fourth-order valence-corrected chi connectivity index (χ4v) is 6.61. The minimum atomic E-state index is -2.42. The average Bonchev–Trinajstić information content (AvgIpc) is 3.10. The number of esters is 3. The molecule has 0 fully saturated rings. The van der Waals surface area contributed by atoms with Crippen molar-refractivity contribution < 1.29 is 38.4 Å². The first-order valence-electron chi connectivity index (χ1n) is 17.7. The second-order valence-corrected chi connectivity index (χ2v) is 13.2. The summed E-state index contributed by atoms with van der Waals surface area (Å²) in [7, 11) is 0. The molecule has 2 bridgehead atoms. The van der Waals surface area contributed by atoms with Gasteiger partial charge in [-0.25, -0.2) is 4.79 Å². The van der Waals surface area contributed by atoms with Crippen LogP contribution >= 0.6 is 11.6 Å². The highest BCUT2D eigenvalue weighted by atomic mass is 35.5. The summed E-state index contributed by atoms with van der Waals surface area (Å²) in [6.45, 7) is 8.52. The zero-order chi connectivity index (χ0) is 35.5. The van der Waals surface area contributed by atoms with E-state index in [0.29, 0.717) is 39.7 Å². The standard InChI is InChI=1S/C40H46ClNO8/c1-3-42(4-2)24-14-9-7-5-6-8-10-15-25-47-30-20-18-28(19-21-30)35(36(41)29-16-12-11-13-17-29)31-22-23-32-38-37(31)49-34(44)27-40(46,39(45)50-38)26-33(43)48-32/h11-13,16-23,46H,3-10,14-15,24-27H2,1-2H3/b36-35+. The molecule has 1 unspecified atom stereocenters. The molecule has 0 aromatic heterocycles. The van der Waals surface area contributed by atoms with Crippen LogP contribution in [0.15, 0.2) is 66.7 Å². The Labute approximate surface area is 299 Å². The fourth-order valence-electron chi connectivity index (χ4n) is 6.28. The number of fused-ring (bicyclic) bond motifs is 2. The van der Waals surface area contributed by atoms with Gasteiger partial charge in [-0.2, -0.15) is 0 Å². The van der Waals surface area contributed by atoms with E-state index in [0.717, 1.165) is 25.9 Å². The van der Waals surface area contributed by atoms with Crippen molar-refractivity contribution in [1.82, 2.24) is 4.90 Å². The lowest BCUT2D eigenvalue weighted by Crippen LogP contribution is -2.48. The first-order valence-corrected chi connectivity index (χ1v) is 18.0. The maximum atomic E-state index is 13.0. The molecule has 10 heteroatoms. The summed E-state index contributed by atoms with van der Waals surface area (Å²) in [5.74, 6) is -2.81. The van der Waals surface area contributed by atoms with Crippen LogP contribution in [-0.2, 0) is 14.4 Å². The molecule has 2 aliphatic rings. The van der Waals surface area contributed by atoms with Gasteiger partial charge in [-0.1, -0.05) is 106 Å². The highest BCUT2D eigenvalue weighted by Gasteiger charge is 2.48. The Bertz CT molecular complexity index is 1670. The summed E-state index contributed by atoms with van der Waals surface area (Å²) in [6.07, 6.45) is 8.15. The van der Waals surface area contributed by atoms with Gasteiger partial charge in [0.05, 0.1) is 24.5 Å². The van der Waals surface area contributed by atoms with Gasteiger partial charge in [0.2, 0.25) is 5.75 Å². The van der Waals surface area contributed by atoms with E-state index in [4.69, 9.17) is 30.5 Å². The smallest absolute Gasteiger partial charge is 0.345 e. The summed E-state index contributed by atoms with van der Waals surface area (Å²) in [5.41, 5.74) is -0.260. The zero-order valence-corrected chi connectivity index (χ0v) is 29.6. The first-order chi connectivity index (χ1) is 24.2. The summed E-state index contributed by atoms with van der Waals surface area (Å²) in [4.78, 5) is 41.1. The molecular formula is C40H46ClNO8. The third-order valence-electron chi connectivity index (χ3n) is 9.15. The zero-order valence-electron chi connectivity index (χ0n) is 28.9. The Morgan fingerprint density at radius 3 is 2.02 bits per heavy atom. The number of benzene rings is 3. The number of aliphatic hydroxyl groups is 1. The van der Waals surface area contributed by atoms with Crippen LogP contribution in [0.25, 0.3) is 10.6 Å². The summed E-state index contributed by atoms with van der Waals surface area (Å²) in [5, 5.41) is 11.2. The quantitative estimate of drug-likeness (QED) is 0.0648. The number of halogens is 1. The molecule has 2 heterocycles. The van der Waals surface area contributed by atoms with E-state index in [2.05, 4.69) is 18.7 Å². The summed E-state index contributed by atoms with van der Waals surface area (Å²) < 4.78 is 22.7. The Morgan fingerprint density at radius 1 is 0.740 bits per heavy atom. The number of ether oxygens (including phenoxy) is 4. The average molecular weight is 704 g/mol. The van der Waals surface area contributed by atoms with Crippen LogP contribution < -0.4 is 18.9 Å². The normalized spacial score (nSPS) is 17.6. The number of carbonyl (C=O) groups excluding carboxylic acids is 3. The van der Waals surface area contributed by atoms with Gasteiger partial charge < -0.3 is 29.0 Å². The molecule has 9 nitrogen and oxygen atoms in total. The van der Waals surface area contributed by atoms with E-state index in [1.165, 1.54) is 51.1 Å². The van der Waals surface area contributed by atoms with Crippen LogP contribution in [0.3, 0.4) is 0 Å². The van der Waals surface area contributed by atoms with Gasteiger partial charge in [0, 0.05) is 11.1 Å². The third-order valence-corrected chi connectivity index (χ3v) is 9.56. The van der Waals surface area contributed by atoms with Gasteiger partial charge in [-0.3, -0.25) is 9.59 Å². The third kappa shape index (κ3) is 9.33. The molecule has 1 atom stereocenters. The minimum absolute atomic E-state index is 0.122. The predicted molar refractivity (Wildman–Crippen MR) is 192 cm³/mol. The van der Waals surface area contributed by atoms with Crippen LogP contribution in [0.1, 0.15) is 94.7 Å². The number of hydrogen-bond acceptors (Lipinski definition) is 9. The van der Waals surface area contributed by atoms with Crippen LogP contribution in [0, 0.1) is 0 Å². The Kier molecular flexibility index (Phi) is 13.1. The van der Waals surface area contributed by atoms with E-state index in [1.807, 2.05) is 54.6 Å².